The molecule has 10 nitrogen and oxygen atoms in total. The SMILES string of the molecule is Cc1nc(-c2nnn(C)c2CNC(=O)NCCC(C)C)ccc1O[C@H]1CCC[C@H](C(=O)O)C1. The van der Waals surface area contributed by atoms with Gasteiger partial charge in [0.2, 0.25) is 0 Å². The first-order valence-electron chi connectivity index (χ1n) is 11.5. The fourth-order valence-corrected chi connectivity index (χ4v) is 3.94. The Hall–Kier alpha value is -3.17. The average molecular weight is 459 g/mol. The van der Waals surface area contributed by atoms with Crippen LogP contribution in [0.2, 0.25) is 0 Å². The summed E-state index contributed by atoms with van der Waals surface area (Å²) >= 11 is 0. The summed E-state index contributed by atoms with van der Waals surface area (Å²) in [6.45, 7) is 6.97. The third-order valence-corrected chi connectivity index (χ3v) is 5.92. The van der Waals surface area contributed by atoms with Gasteiger partial charge in [0.05, 0.1) is 35.6 Å². The molecule has 3 N–H and O–H groups in total. The zero-order chi connectivity index (χ0) is 24.0. The molecule has 0 radical (unpaired) electrons. The van der Waals surface area contributed by atoms with Crippen molar-refractivity contribution in [3.8, 4) is 17.1 Å². The highest BCUT2D eigenvalue weighted by Crippen LogP contribution is 2.30. The van der Waals surface area contributed by atoms with Crippen molar-refractivity contribution >= 4 is 12.0 Å². The number of aromatic nitrogens is 4. The van der Waals surface area contributed by atoms with Crippen LogP contribution in [0.1, 0.15) is 57.3 Å². The standard InChI is InChI=1S/C23H34N6O4/c1-14(2)10-11-24-23(32)25-13-19-21(27-28-29(19)4)18-8-9-20(15(3)26-18)33-17-7-5-6-16(12-17)22(30)31/h8-9,14,16-17H,5-7,10-13H2,1-4H3,(H,30,31)(H2,24,25,32)/t16-,17-/m0/s1. The van der Waals surface area contributed by atoms with Crippen molar-refractivity contribution in [2.75, 3.05) is 6.54 Å². The first-order valence-corrected chi connectivity index (χ1v) is 11.5. The van der Waals surface area contributed by atoms with E-state index in [0.717, 1.165) is 25.0 Å². The van der Waals surface area contributed by atoms with E-state index in [4.69, 9.17) is 4.74 Å². The molecular formula is C23H34N6O4. The lowest BCUT2D eigenvalue weighted by molar-refractivity contribution is -0.143. The Bertz CT molecular complexity index is 974. The molecule has 2 atom stereocenters. The molecule has 3 rings (SSSR count). The van der Waals surface area contributed by atoms with Crippen molar-refractivity contribution in [1.82, 2.24) is 30.6 Å². The van der Waals surface area contributed by atoms with E-state index < -0.39 is 5.97 Å². The average Bonchev–Trinajstić information content (AvgIpc) is 3.14. The highest BCUT2D eigenvalue weighted by atomic mass is 16.5. The highest BCUT2D eigenvalue weighted by Gasteiger charge is 2.28. The maximum absolute atomic E-state index is 12.1. The molecule has 0 saturated heterocycles. The van der Waals surface area contributed by atoms with Gasteiger partial charge in [0.15, 0.2) is 0 Å². The number of aryl methyl sites for hydroxylation is 2. The van der Waals surface area contributed by atoms with Crippen LogP contribution >= 0.6 is 0 Å². The van der Waals surface area contributed by atoms with E-state index in [1.165, 1.54) is 0 Å². The van der Waals surface area contributed by atoms with E-state index in [0.29, 0.717) is 48.1 Å². The third kappa shape index (κ3) is 6.66. The van der Waals surface area contributed by atoms with Crippen LogP contribution in [0.5, 0.6) is 5.75 Å². The molecule has 2 aromatic rings. The van der Waals surface area contributed by atoms with Crippen LogP contribution in [-0.2, 0) is 18.4 Å². The summed E-state index contributed by atoms with van der Waals surface area (Å²) < 4.78 is 7.72. The van der Waals surface area contributed by atoms with Crippen molar-refractivity contribution in [2.45, 2.75) is 65.5 Å². The molecule has 0 bridgehead atoms. The largest absolute Gasteiger partial charge is 0.489 e. The summed E-state index contributed by atoms with van der Waals surface area (Å²) in [5.74, 6) is 0.0541. The smallest absolute Gasteiger partial charge is 0.315 e. The minimum atomic E-state index is -0.758. The van der Waals surface area contributed by atoms with Gasteiger partial charge in [-0.05, 0) is 57.1 Å². The molecular weight excluding hydrogens is 424 g/mol. The lowest BCUT2D eigenvalue weighted by atomic mass is 9.87. The van der Waals surface area contributed by atoms with Gasteiger partial charge in [-0.15, -0.1) is 5.10 Å². The Morgan fingerprint density at radius 3 is 2.76 bits per heavy atom. The van der Waals surface area contributed by atoms with E-state index in [2.05, 4.69) is 39.8 Å². The van der Waals surface area contributed by atoms with Crippen LogP contribution in [0.3, 0.4) is 0 Å². The Morgan fingerprint density at radius 1 is 1.27 bits per heavy atom. The van der Waals surface area contributed by atoms with E-state index >= 15 is 0 Å². The molecule has 10 heteroatoms. The number of amides is 2. The molecule has 0 aromatic carbocycles. The number of nitrogens with one attached hydrogen (secondary N) is 2. The summed E-state index contributed by atoms with van der Waals surface area (Å²) in [4.78, 5) is 28.1. The lowest BCUT2D eigenvalue weighted by Gasteiger charge is -2.27. The van der Waals surface area contributed by atoms with Gasteiger partial charge in [0.25, 0.3) is 0 Å². The molecule has 2 amide bonds. The van der Waals surface area contributed by atoms with Gasteiger partial charge >= 0.3 is 12.0 Å². The van der Waals surface area contributed by atoms with Gasteiger partial charge in [-0.25, -0.2) is 14.5 Å². The summed E-state index contributed by atoms with van der Waals surface area (Å²) in [6.07, 6.45) is 3.68. The highest BCUT2D eigenvalue weighted by molar-refractivity contribution is 5.74. The summed E-state index contributed by atoms with van der Waals surface area (Å²) in [7, 11) is 1.77. The van der Waals surface area contributed by atoms with Crippen molar-refractivity contribution in [1.29, 1.82) is 0 Å². The van der Waals surface area contributed by atoms with Crippen molar-refractivity contribution < 1.29 is 19.4 Å². The molecule has 180 valence electrons. The topological polar surface area (TPSA) is 131 Å². The fourth-order valence-electron chi connectivity index (χ4n) is 3.94. The number of carbonyl (C=O) groups is 2. The first-order chi connectivity index (χ1) is 15.7. The molecule has 1 fully saturated rings. The van der Waals surface area contributed by atoms with Crippen molar-refractivity contribution in [3.05, 3.63) is 23.5 Å². The Kier molecular flexibility index (Phi) is 8.24. The number of nitrogens with zero attached hydrogens (tertiary/aromatic N) is 4. The summed E-state index contributed by atoms with van der Waals surface area (Å²) in [5.41, 5.74) is 2.67. The van der Waals surface area contributed by atoms with E-state index in [9.17, 15) is 14.7 Å². The molecule has 2 heterocycles. The molecule has 2 aromatic heterocycles. The number of carboxylic acid groups (broad SMARTS) is 1. The van der Waals surface area contributed by atoms with Gasteiger partial charge in [-0.1, -0.05) is 19.1 Å². The van der Waals surface area contributed by atoms with Crippen LogP contribution in [0.25, 0.3) is 11.4 Å². The zero-order valence-corrected chi connectivity index (χ0v) is 19.8. The van der Waals surface area contributed by atoms with Crippen LogP contribution < -0.4 is 15.4 Å². The zero-order valence-electron chi connectivity index (χ0n) is 19.8. The monoisotopic (exact) mass is 458 g/mol. The molecule has 0 unspecified atom stereocenters. The fraction of sp³-hybridized carbons (Fsp3) is 0.609. The maximum atomic E-state index is 12.1. The normalized spacial score (nSPS) is 18.2. The van der Waals surface area contributed by atoms with Gasteiger partial charge in [0.1, 0.15) is 11.4 Å². The lowest BCUT2D eigenvalue weighted by Crippen LogP contribution is -2.36. The molecule has 0 spiro atoms. The number of pyridine rings is 1. The number of ether oxygens (including phenoxy) is 1. The van der Waals surface area contributed by atoms with E-state index in [1.807, 2.05) is 19.1 Å². The maximum Gasteiger partial charge on any atom is 0.315 e. The minimum absolute atomic E-state index is 0.128. The second-order valence-corrected chi connectivity index (χ2v) is 9.02. The third-order valence-electron chi connectivity index (χ3n) is 5.92. The number of carbonyl (C=O) groups excluding carboxylic acids is 1. The van der Waals surface area contributed by atoms with Crippen molar-refractivity contribution in [3.63, 3.8) is 0 Å². The van der Waals surface area contributed by atoms with Crippen LogP contribution in [0.15, 0.2) is 12.1 Å². The number of urea groups is 1. The van der Waals surface area contributed by atoms with E-state index in [-0.39, 0.29) is 24.6 Å². The molecule has 1 saturated carbocycles. The number of hydrogen-bond donors (Lipinski definition) is 3. The number of aliphatic carboxylic acids is 1. The van der Waals surface area contributed by atoms with Crippen LogP contribution in [0, 0.1) is 18.8 Å². The predicted molar refractivity (Wildman–Crippen MR) is 123 cm³/mol. The second kappa shape index (κ2) is 11.1. The quantitative estimate of drug-likeness (QED) is 0.526. The number of rotatable bonds is 9. The van der Waals surface area contributed by atoms with Gasteiger partial charge in [0, 0.05) is 13.6 Å². The minimum Gasteiger partial charge on any atom is -0.489 e. The number of carboxylic acids is 1. The first kappa shape index (κ1) is 24.5. The number of hydrogen-bond acceptors (Lipinski definition) is 6. The predicted octanol–water partition coefficient (Wildman–Crippen LogP) is 3.05. The van der Waals surface area contributed by atoms with E-state index in [1.54, 1.807) is 11.7 Å². The molecule has 33 heavy (non-hydrogen) atoms. The Balaban J connectivity index is 1.65. The molecule has 1 aliphatic carbocycles. The summed E-state index contributed by atoms with van der Waals surface area (Å²) in [6, 6.07) is 3.42. The Labute approximate surface area is 194 Å². The van der Waals surface area contributed by atoms with Crippen LogP contribution in [0.4, 0.5) is 4.79 Å². The second-order valence-electron chi connectivity index (χ2n) is 9.02. The van der Waals surface area contributed by atoms with Gasteiger partial charge in [-0.2, -0.15) is 0 Å². The Morgan fingerprint density at radius 2 is 2.06 bits per heavy atom. The van der Waals surface area contributed by atoms with Gasteiger partial charge < -0.3 is 20.5 Å². The van der Waals surface area contributed by atoms with Crippen LogP contribution in [-0.4, -0.2) is 49.7 Å². The molecule has 1 aliphatic rings. The van der Waals surface area contributed by atoms with Crippen molar-refractivity contribution in [2.24, 2.45) is 18.9 Å². The van der Waals surface area contributed by atoms with Gasteiger partial charge in [-0.3, -0.25) is 4.79 Å². The summed E-state index contributed by atoms with van der Waals surface area (Å²) in [5, 5.41) is 23.3. The molecule has 0 aliphatic heterocycles.